The van der Waals surface area contributed by atoms with Gasteiger partial charge in [-0.1, -0.05) is 23.2 Å². The lowest BCUT2D eigenvalue weighted by Gasteiger charge is -2.54. The Hall–Kier alpha value is -3.43. The van der Waals surface area contributed by atoms with Crippen LogP contribution >= 0.6 is 23.2 Å². The summed E-state index contributed by atoms with van der Waals surface area (Å²) in [5, 5.41) is 19.3. The number of nitrogens with one attached hydrogen (secondary N) is 1. The van der Waals surface area contributed by atoms with Crippen LogP contribution in [-0.4, -0.2) is 65.3 Å². The van der Waals surface area contributed by atoms with Crippen LogP contribution in [0.15, 0.2) is 36.7 Å². The number of rotatable bonds is 6. The van der Waals surface area contributed by atoms with Crippen molar-refractivity contribution in [2.24, 2.45) is 5.41 Å². The number of aromatic nitrogens is 4. The van der Waals surface area contributed by atoms with Crippen molar-refractivity contribution in [3.8, 4) is 23.1 Å². The van der Waals surface area contributed by atoms with E-state index in [-0.39, 0.29) is 5.41 Å². The first-order valence-corrected chi connectivity index (χ1v) is 16.1. The molecule has 2 saturated heterocycles. The zero-order chi connectivity index (χ0) is 29.8. The molecule has 2 aliphatic heterocycles. The fourth-order valence-corrected chi connectivity index (χ4v) is 7.66. The van der Waals surface area contributed by atoms with Crippen molar-refractivity contribution >= 4 is 49.9 Å². The van der Waals surface area contributed by atoms with Crippen molar-refractivity contribution in [3.05, 3.63) is 63.5 Å². The van der Waals surface area contributed by atoms with Crippen molar-refractivity contribution in [1.82, 2.24) is 24.5 Å². The lowest BCUT2D eigenvalue weighted by atomic mass is 9.74. The third kappa shape index (κ3) is 5.17. The summed E-state index contributed by atoms with van der Waals surface area (Å²) in [5.74, 6) is 1.20. The van der Waals surface area contributed by atoms with E-state index in [1.807, 2.05) is 32.0 Å². The number of aromatic amines is 1. The Balaban J connectivity index is 1.24. The number of aryl methyl sites for hydroxylation is 1. The molecule has 0 radical (unpaired) electrons. The van der Waals surface area contributed by atoms with Gasteiger partial charge in [-0.15, -0.1) is 0 Å². The number of anilines is 1. The highest BCUT2D eigenvalue weighted by molar-refractivity contribution is 7.88. The van der Waals surface area contributed by atoms with Gasteiger partial charge in [0.2, 0.25) is 10.0 Å². The summed E-state index contributed by atoms with van der Waals surface area (Å²) in [4.78, 5) is 10.9. The Kier molecular flexibility index (Phi) is 7.30. The maximum atomic E-state index is 12.1. The van der Waals surface area contributed by atoms with Gasteiger partial charge in [-0.2, -0.15) is 10.4 Å². The van der Waals surface area contributed by atoms with Gasteiger partial charge in [0.05, 0.1) is 33.1 Å². The van der Waals surface area contributed by atoms with Gasteiger partial charge in [-0.05, 0) is 51.0 Å². The minimum Gasteiger partial charge on any atom is -0.486 e. The van der Waals surface area contributed by atoms with E-state index in [9.17, 15) is 13.7 Å². The highest BCUT2D eigenvalue weighted by Crippen LogP contribution is 2.43. The topological polar surface area (TPSA) is 128 Å². The van der Waals surface area contributed by atoms with Crippen LogP contribution in [-0.2, 0) is 10.0 Å². The standard InChI is InChI=1S/C29H29Cl2N7O3S/c1-17-26(31)25(23(30)13-33-17)18(2)41-21-5-6-24-22(10-21)27(36-35-24)20-9-19(11-32)28(34-12-20)37-14-29(15-37)7-4-8-38(16-29)42(3,39)40/h5-6,9-10,12-13,18H,4,7-8,14-16H2,1-3H3,(H,35,36). The van der Waals surface area contributed by atoms with Crippen molar-refractivity contribution in [2.75, 3.05) is 37.3 Å². The summed E-state index contributed by atoms with van der Waals surface area (Å²) in [6, 6.07) is 9.69. The second-order valence-electron chi connectivity index (χ2n) is 11.2. The molecule has 10 nitrogen and oxygen atoms in total. The Morgan fingerprint density at radius 2 is 1.95 bits per heavy atom. The third-order valence-electron chi connectivity index (χ3n) is 8.14. The highest BCUT2D eigenvalue weighted by atomic mass is 35.5. The number of halogens is 2. The molecule has 1 N–H and O–H groups in total. The van der Waals surface area contributed by atoms with Crippen LogP contribution in [0.5, 0.6) is 5.75 Å². The van der Waals surface area contributed by atoms with Gasteiger partial charge >= 0.3 is 0 Å². The Labute approximate surface area is 254 Å². The molecule has 0 amide bonds. The quantitative estimate of drug-likeness (QED) is 0.297. The summed E-state index contributed by atoms with van der Waals surface area (Å²) in [6.07, 6.45) is 5.90. The van der Waals surface area contributed by atoms with Gasteiger partial charge < -0.3 is 9.64 Å². The fraction of sp³-hybridized carbons (Fsp3) is 0.379. The van der Waals surface area contributed by atoms with Crippen molar-refractivity contribution < 1.29 is 13.2 Å². The van der Waals surface area contributed by atoms with Crippen LogP contribution in [0.4, 0.5) is 5.82 Å². The number of fused-ring (bicyclic) bond motifs is 1. The molecule has 4 aromatic rings. The molecule has 6 rings (SSSR count). The minimum absolute atomic E-state index is 0.107. The Morgan fingerprint density at radius 1 is 1.17 bits per heavy atom. The third-order valence-corrected chi connectivity index (χ3v) is 10.2. The van der Waals surface area contributed by atoms with Crippen LogP contribution < -0.4 is 9.64 Å². The number of nitriles is 1. The number of hydrogen-bond donors (Lipinski definition) is 1. The fourth-order valence-electron chi connectivity index (χ4n) is 6.04. The molecule has 5 heterocycles. The Bertz CT molecular complexity index is 1850. The van der Waals surface area contributed by atoms with Crippen molar-refractivity contribution in [1.29, 1.82) is 5.26 Å². The predicted octanol–water partition coefficient (Wildman–Crippen LogP) is 5.51. The van der Waals surface area contributed by atoms with Crippen molar-refractivity contribution in [3.63, 3.8) is 0 Å². The summed E-state index contributed by atoms with van der Waals surface area (Å²) in [5.41, 5.74) is 3.81. The molecular formula is C29H29Cl2N7O3S. The number of benzene rings is 1. The molecule has 218 valence electrons. The lowest BCUT2D eigenvalue weighted by molar-refractivity contribution is 0.108. The normalized spacial score (nSPS) is 17.7. The zero-order valence-electron chi connectivity index (χ0n) is 23.4. The molecule has 1 aromatic carbocycles. The SMILES string of the molecule is Cc1ncc(Cl)c(C(C)Oc2ccc3[nH]nc(-c4cnc(N5CC6(CCCN(S(C)(=O)=O)C6)C5)c(C#N)c4)c3c2)c1Cl. The van der Waals surface area contributed by atoms with Gasteiger partial charge in [0.1, 0.15) is 29.4 Å². The lowest BCUT2D eigenvalue weighted by Crippen LogP contribution is -2.63. The number of H-pyrrole nitrogens is 1. The second-order valence-corrected chi connectivity index (χ2v) is 14.0. The number of nitrogens with zero attached hydrogens (tertiary/aromatic N) is 6. The van der Waals surface area contributed by atoms with E-state index in [1.165, 1.54) is 6.26 Å². The van der Waals surface area contributed by atoms with Crippen LogP contribution in [0.1, 0.15) is 42.7 Å². The average Bonchev–Trinajstić information content (AvgIpc) is 3.36. The highest BCUT2D eigenvalue weighted by Gasteiger charge is 2.48. The first-order chi connectivity index (χ1) is 20.0. The zero-order valence-corrected chi connectivity index (χ0v) is 25.7. The summed E-state index contributed by atoms with van der Waals surface area (Å²) < 4.78 is 32.0. The Morgan fingerprint density at radius 3 is 2.69 bits per heavy atom. The first kappa shape index (κ1) is 28.7. The number of ether oxygens (including phenoxy) is 1. The van der Waals surface area contributed by atoms with E-state index in [2.05, 4.69) is 31.1 Å². The predicted molar refractivity (Wildman–Crippen MR) is 162 cm³/mol. The summed E-state index contributed by atoms with van der Waals surface area (Å²) in [7, 11) is -3.23. The molecule has 1 atom stereocenters. The van der Waals surface area contributed by atoms with Crippen LogP contribution in [0.2, 0.25) is 10.0 Å². The number of hydrogen-bond acceptors (Lipinski definition) is 8. The maximum absolute atomic E-state index is 12.1. The van der Waals surface area contributed by atoms with E-state index in [0.29, 0.717) is 75.9 Å². The maximum Gasteiger partial charge on any atom is 0.211 e. The van der Waals surface area contributed by atoms with Crippen molar-refractivity contribution in [2.45, 2.75) is 32.8 Å². The van der Waals surface area contributed by atoms with Crippen LogP contribution in [0.25, 0.3) is 22.2 Å². The average molecular weight is 627 g/mol. The molecule has 0 aliphatic carbocycles. The van der Waals surface area contributed by atoms with Gasteiger partial charge in [0.25, 0.3) is 0 Å². The molecule has 3 aromatic heterocycles. The molecule has 0 saturated carbocycles. The molecule has 13 heteroatoms. The van der Waals surface area contributed by atoms with E-state index >= 15 is 0 Å². The molecule has 1 spiro atoms. The molecule has 2 aliphatic rings. The number of pyridine rings is 2. The monoisotopic (exact) mass is 625 g/mol. The molecule has 0 bridgehead atoms. The van der Waals surface area contributed by atoms with Gasteiger partial charge in [-0.25, -0.2) is 17.7 Å². The first-order valence-electron chi connectivity index (χ1n) is 13.5. The summed E-state index contributed by atoms with van der Waals surface area (Å²) >= 11 is 12.9. The van der Waals surface area contributed by atoms with Gasteiger partial charge in [-0.3, -0.25) is 10.1 Å². The molecule has 2 fully saturated rings. The smallest absolute Gasteiger partial charge is 0.211 e. The van der Waals surface area contributed by atoms with Gasteiger partial charge in [0, 0.05) is 60.5 Å². The van der Waals surface area contributed by atoms with E-state index in [0.717, 1.165) is 23.7 Å². The van der Waals surface area contributed by atoms with Crippen LogP contribution in [0, 0.1) is 23.7 Å². The minimum atomic E-state index is -3.23. The van der Waals surface area contributed by atoms with E-state index in [4.69, 9.17) is 27.9 Å². The van der Waals surface area contributed by atoms with Gasteiger partial charge in [0.15, 0.2) is 0 Å². The second kappa shape index (κ2) is 10.7. The number of piperidine rings is 1. The number of sulfonamides is 1. The molecule has 1 unspecified atom stereocenters. The largest absolute Gasteiger partial charge is 0.486 e. The van der Waals surface area contributed by atoms with E-state index < -0.39 is 16.1 Å². The van der Waals surface area contributed by atoms with Crippen LogP contribution in [0.3, 0.4) is 0 Å². The summed E-state index contributed by atoms with van der Waals surface area (Å²) in [6.45, 7) is 6.08. The molecular weight excluding hydrogens is 597 g/mol. The molecule has 42 heavy (non-hydrogen) atoms. The van der Waals surface area contributed by atoms with E-state index in [1.54, 1.807) is 22.8 Å².